The molecule has 154 valence electrons. The number of benzene rings is 2. The molecule has 2 aromatic carbocycles. The van der Waals surface area contributed by atoms with E-state index in [1.165, 1.54) is 6.33 Å². The Bertz CT molecular complexity index is 1120. The van der Waals surface area contributed by atoms with Gasteiger partial charge in [0.25, 0.3) is 5.91 Å². The normalized spacial score (nSPS) is 15.3. The number of nitrogens with one attached hydrogen (secondary N) is 2. The molecule has 0 aliphatic carbocycles. The molecule has 2 heterocycles. The SMILES string of the molecule is COc1ccc(NC(=O)C2=C(C)Nc3ncnn3[C@H]2c2ccc(OC)c(Br)c2)cc1. The summed E-state index contributed by atoms with van der Waals surface area (Å²) in [6, 6.07) is 12.4. The Kier molecular flexibility index (Phi) is 5.45. The number of aromatic nitrogens is 3. The van der Waals surface area contributed by atoms with Gasteiger partial charge in [0.15, 0.2) is 0 Å². The Morgan fingerprint density at radius 1 is 1.17 bits per heavy atom. The first-order chi connectivity index (χ1) is 14.5. The summed E-state index contributed by atoms with van der Waals surface area (Å²) < 4.78 is 13.0. The number of nitrogens with zero attached hydrogens (tertiary/aromatic N) is 3. The Morgan fingerprint density at radius 3 is 2.60 bits per heavy atom. The molecule has 0 spiro atoms. The monoisotopic (exact) mass is 469 g/mol. The Balaban J connectivity index is 1.73. The molecular weight excluding hydrogens is 450 g/mol. The van der Waals surface area contributed by atoms with Crippen LogP contribution in [0.4, 0.5) is 11.6 Å². The van der Waals surface area contributed by atoms with E-state index in [1.807, 2.05) is 25.1 Å². The molecular formula is C21H20BrN5O3. The van der Waals surface area contributed by atoms with Gasteiger partial charge in [0, 0.05) is 11.4 Å². The first-order valence-electron chi connectivity index (χ1n) is 9.18. The molecule has 1 atom stereocenters. The highest BCUT2D eigenvalue weighted by molar-refractivity contribution is 9.10. The molecule has 4 rings (SSSR count). The zero-order chi connectivity index (χ0) is 21.3. The van der Waals surface area contributed by atoms with Crippen molar-refractivity contribution >= 4 is 33.5 Å². The summed E-state index contributed by atoms with van der Waals surface area (Å²) in [6.45, 7) is 1.85. The van der Waals surface area contributed by atoms with Crippen LogP contribution in [-0.4, -0.2) is 34.9 Å². The van der Waals surface area contributed by atoms with E-state index in [1.54, 1.807) is 43.2 Å². The maximum atomic E-state index is 13.3. The summed E-state index contributed by atoms with van der Waals surface area (Å²) in [4.78, 5) is 17.6. The van der Waals surface area contributed by atoms with Crippen LogP contribution in [-0.2, 0) is 4.79 Å². The van der Waals surface area contributed by atoms with Gasteiger partial charge in [-0.15, -0.1) is 0 Å². The van der Waals surface area contributed by atoms with Crippen LogP contribution in [0.2, 0.25) is 0 Å². The third kappa shape index (κ3) is 3.63. The molecule has 8 nitrogen and oxygen atoms in total. The fourth-order valence-electron chi connectivity index (χ4n) is 3.42. The number of halogens is 1. The molecule has 1 amide bonds. The molecule has 9 heteroatoms. The summed E-state index contributed by atoms with van der Waals surface area (Å²) in [5.41, 5.74) is 2.79. The molecule has 0 saturated carbocycles. The Hall–Kier alpha value is -3.33. The number of ether oxygens (including phenoxy) is 2. The molecule has 1 aliphatic rings. The summed E-state index contributed by atoms with van der Waals surface area (Å²) in [6.07, 6.45) is 1.46. The number of anilines is 2. The van der Waals surface area contributed by atoms with Crippen molar-refractivity contribution in [1.29, 1.82) is 0 Å². The minimum atomic E-state index is -0.454. The van der Waals surface area contributed by atoms with Gasteiger partial charge in [0.05, 0.1) is 24.3 Å². The van der Waals surface area contributed by atoms with E-state index < -0.39 is 6.04 Å². The lowest BCUT2D eigenvalue weighted by Gasteiger charge is -2.29. The largest absolute Gasteiger partial charge is 0.497 e. The molecule has 30 heavy (non-hydrogen) atoms. The quantitative estimate of drug-likeness (QED) is 0.587. The van der Waals surface area contributed by atoms with Gasteiger partial charge in [-0.05, 0) is 64.8 Å². The van der Waals surface area contributed by atoms with E-state index in [-0.39, 0.29) is 5.91 Å². The molecule has 0 fully saturated rings. The van der Waals surface area contributed by atoms with Gasteiger partial charge in [0.1, 0.15) is 23.9 Å². The molecule has 0 saturated heterocycles. The molecule has 0 bridgehead atoms. The van der Waals surface area contributed by atoms with E-state index in [4.69, 9.17) is 9.47 Å². The lowest BCUT2D eigenvalue weighted by atomic mass is 9.95. The standard InChI is InChI=1S/C21H20BrN5O3/c1-12-18(20(28)26-14-5-7-15(29-2)8-6-14)19(27-21(25-12)23-11-24-27)13-4-9-17(30-3)16(22)10-13/h4-11,19H,1-3H3,(H,26,28)(H,23,24,25)/t19-/m0/s1. The fraction of sp³-hybridized carbons (Fsp3) is 0.190. The minimum absolute atomic E-state index is 0.233. The van der Waals surface area contributed by atoms with Gasteiger partial charge in [0.2, 0.25) is 5.95 Å². The summed E-state index contributed by atoms with van der Waals surface area (Å²) in [7, 11) is 3.21. The number of carbonyl (C=O) groups excluding carboxylic acids is 1. The molecule has 3 aromatic rings. The van der Waals surface area contributed by atoms with E-state index in [0.717, 1.165) is 15.8 Å². The molecule has 0 unspecified atom stereocenters. The van der Waals surface area contributed by atoms with Crippen LogP contribution >= 0.6 is 15.9 Å². The second kappa shape index (κ2) is 8.19. The number of carbonyl (C=O) groups is 1. The van der Waals surface area contributed by atoms with Gasteiger partial charge in [-0.3, -0.25) is 4.79 Å². The smallest absolute Gasteiger partial charge is 0.255 e. The van der Waals surface area contributed by atoms with E-state index in [2.05, 4.69) is 36.6 Å². The third-order valence-electron chi connectivity index (χ3n) is 4.88. The number of fused-ring (bicyclic) bond motifs is 1. The number of methoxy groups -OCH3 is 2. The highest BCUT2D eigenvalue weighted by Crippen LogP contribution is 2.38. The number of hydrogen-bond donors (Lipinski definition) is 2. The van der Waals surface area contributed by atoms with Crippen LogP contribution in [0, 0.1) is 0 Å². The average molecular weight is 470 g/mol. The second-order valence-corrected chi connectivity index (χ2v) is 7.53. The summed E-state index contributed by atoms with van der Waals surface area (Å²) in [5, 5.41) is 10.5. The van der Waals surface area contributed by atoms with Gasteiger partial charge in [-0.1, -0.05) is 6.07 Å². The molecule has 2 N–H and O–H groups in total. The molecule has 1 aliphatic heterocycles. The van der Waals surface area contributed by atoms with Crippen LogP contribution in [0.25, 0.3) is 0 Å². The van der Waals surface area contributed by atoms with Crippen LogP contribution in [0.5, 0.6) is 11.5 Å². The highest BCUT2D eigenvalue weighted by Gasteiger charge is 2.33. The van der Waals surface area contributed by atoms with Gasteiger partial charge in [-0.2, -0.15) is 10.1 Å². The number of rotatable bonds is 5. The van der Waals surface area contributed by atoms with Crippen LogP contribution < -0.4 is 20.1 Å². The van der Waals surface area contributed by atoms with Crippen LogP contribution in [0.15, 0.2) is 64.5 Å². The predicted molar refractivity (Wildman–Crippen MR) is 117 cm³/mol. The fourth-order valence-corrected chi connectivity index (χ4v) is 3.98. The number of allylic oxidation sites excluding steroid dienone is 1. The Labute approximate surface area is 182 Å². The maximum absolute atomic E-state index is 13.3. The van der Waals surface area contributed by atoms with Crippen molar-refractivity contribution in [1.82, 2.24) is 14.8 Å². The zero-order valence-electron chi connectivity index (χ0n) is 16.6. The van der Waals surface area contributed by atoms with Crippen molar-refractivity contribution in [3.63, 3.8) is 0 Å². The van der Waals surface area contributed by atoms with Crippen molar-refractivity contribution in [2.45, 2.75) is 13.0 Å². The third-order valence-corrected chi connectivity index (χ3v) is 5.50. The van der Waals surface area contributed by atoms with Crippen molar-refractivity contribution in [2.75, 3.05) is 24.9 Å². The van der Waals surface area contributed by atoms with Crippen molar-refractivity contribution in [2.24, 2.45) is 0 Å². The first-order valence-corrected chi connectivity index (χ1v) is 9.97. The van der Waals surface area contributed by atoms with Gasteiger partial charge >= 0.3 is 0 Å². The Morgan fingerprint density at radius 2 is 1.93 bits per heavy atom. The number of amides is 1. The highest BCUT2D eigenvalue weighted by atomic mass is 79.9. The topological polar surface area (TPSA) is 90.3 Å². The summed E-state index contributed by atoms with van der Waals surface area (Å²) in [5.74, 6) is 1.76. The molecule has 0 radical (unpaired) electrons. The number of hydrogen-bond acceptors (Lipinski definition) is 6. The van der Waals surface area contributed by atoms with Crippen LogP contribution in [0.1, 0.15) is 18.5 Å². The first kappa shape index (κ1) is 20.0. The van der Waals surface area contributed by atoms with Crippen LogP contribution in [0.3, 0.4) is 0 Å². The molecule has 1 aromatic heterocycles. The second-order valence-electron chi connectivity index (χ2n) is 6.67. The van der Waals surface area contributed by atoms with Crippen molar-refractivity contribution < 1.29 is 14.3 Å². The van der Waals surface area contributed by atoms with Crippen molar-refractivity contribution in [3.05, 3.63) is 70.1 Å². The van der Waals surface area contributed by atoms with E-state index in [0.29, 0.717) is 28.7 Å². The lowest BCUT2D eigenvalue weighted by molar-refractivity contribution is -0.113. The van der Waals surface area contributed by atoms with E-state index in [9.17, 15) is 4.79 Å². The van der Waals surface area contributed by atoms with E-state index >= 15 is 0 Å². The average Bonchev–Trinajstić information content (AvgIpc) is 3.21. The van der Waals surface area contributed by atoms with Gasteiger partial charge in [-0.25, -0.2) is 4.68 Å². The predicted octanol–water partition coefficient (Wildman–Crippen LogP) is 3.99. The lowest BCUT2D eigenvalue weighted by Crippen LogP contribution is -2.31. The van der Waals surface area contributed by atoms with Gasteiger partial charge < -0.3 is 20.1 Å². The zero-order valence-corrected chi connectivity index (χ0v) is 18.2. The summed E-state index contributed by atoms with van der Waals surface area (Å²) >= 11 is 3.53. The minimum Gasteiger partial charge on any atom is -0.497 e. The maximum Gasteiger partial charge on any atom is 0.255 e. The van der Waals surface area contributed by atoms with Crippen molar-refractivity contribution in [3.8, 4) is 11.5 Å².